The van der Waals surface area contributed by atoms with Gasteiger partial charge in [0.2, 0.25) is 10.0 Å². The van der Waals surface area contributed by atoms with E-state index in [4.69, 9.17) is 4.74 Å². The second kappa shape index (κ2) is 10.8. The van der Waals surface area contributed by atoms with Gasteiger partial charge in [-0.1, -0.05) is 11.3 Å². The van der Waals surface area contributed by atoms with Gasteiger partial charge in [0, 0.05) is 44.0 Å². The van der Waals surface area contributed by atoms with Gasteiger partial charge in [0.15, 0.2) is 21.5 Å². The zero-order valence-electron chi connectivity index (χ0n) is 22.5. The fourth-order valence-corrected chi connectivity index (χ4v) is 6.57. The van der Waals surface area contributed by atoms with E-state index < -0.39 is 33.1 Å². The minimum Gasteiger partial charge on any atom is -0.448 e. The summed E-state index contributed by atoms with van der Waals surface area (Å²) in [5, 5.41) is 15.4. The third-order valence-electron chi connectivity index (χ3n) is 6.94. The van der Waals surface area contributed by atoms with Gasteiger partial charge in [-0.05, 0) is 46.9 Å². The van der Waals surface area contributed by atoms with Crippen LogP contribution in [0, 0.1) is 0 Å². The molecule has 3 aromatic rings. The Morgan fingerprint density at radius 3 is 2.62 bits per heavy atom. The maximum Gasteiger partial charge on any atom is 0.410 e. The van der Waals surface area contributed by atoms with Gasteiger partial charge in [0.25, 0.3) is 6.43 Å². The Kier molecular flexibility index (Phi) is 7.66. The minimum absolute atomic E-state index is 0.0269. The van der Waals surface area contributed by atoms with E-state index in [0.717, 1.165) is 12.8 Å². The van der Waals surface area contributed by atoms with Crippen molar-refractivity contribution < 1.29 is 26.7 Å². The Hall–Kier alpha value is -3.02. The van der Waals surface area contributed by atoms with Gasteiger partial charge in [-0.15, -0.1) is 20.4 Å². The smallest absolute Gasteiger partial charge is 0.410 e. The maximum atomic E-state index is 13.4. The molecule has 1 amide bonds. The Morgan fingerprint density at radius 2 is 2.00 bits per heavy atom. The number of piperazine rings is 1. The highest BCUT2D eigenvalue weighted by Crippen LogP contribution is 2.37. The summed E-state index contributed by atoms with van der Waals surface area (Å²) in [6, 6.07) is 1.29. The molecule has 1 saturated heterocycles. The molecule has 1 aliphatic carbocycles. The summed E-state index contributed by atoms with van der Waals surface area (Å²) in [7, 11) is -0.158. The van der Waals surface area contributed by atoms with Crippen LogP contribution < -0.4 is 9.62 Å². The highest BCUT2D eigenvalue weighted by atomic mass is 32.2. The second-order valence-corrected chi connectivity index (χ2v) is 13.3. The van der Waals surface area contributed by atoms with Gasteiger partial charge < -0.3 is 19.4 Å². The van der Waals surface area contributed by atoms with Crippen molar-refractivity contribution in [1.82, 2.24) is 39.3 Å². The van der Waals surface area contributed by atoms with E-state index in [9.17, 15) is 22.0 Å². The fraction of sp³-hybridized carbons (Fsp3) is 0.609. The second-order valence-electron chi connectivity index (χ2n) is 10.6. The number of hydrogen-bond acceptors (Lipinski definition) is 11. The van der Waals surface area contributed by atoms with E-state index in [1.165, 1.54) is 16.7 Å². The molecule has 2 fully saturated rings. The van der Waals surface area contributed by atoms with E-state index in [1.54, 1.807) is 4.90 Å². The molecule has 2 aliphatic rings. The molecule has 0 spiro atoms. The topological polar surface area (TPSA) is 138 Å². The first-order valence-electron chi connectivity index (χ1n) is 12.7. The van der Waals surface area contributed by atoms with Gasteiger partial charge in [-0.2, -0.15) is 0 Å². The van der Waals surface area contributed by atoms with Gasteiger partial charge >= 0.3 is 6.09 Å². The van der Waals surface area contributed by atoms with E-state index in [0.29, 0.717) is 48.9 Å². The summed E-state index contributed by atoms with van der Waals surface area (Å²) in [5.41, 5.74) is 0.297. The monoisotopic (exact) mass is 599 g/mol. The van der Waals surface area contributed by atoms with Crippen LogP contribution in [-0.4, -0.2) is 108 Å². The zero-order chi connectivity index (χ0) is 28.8. The summed E-state index contributed by atoms with van der Waals surface area (Å²) in [5.74, 6) is 0.103. The molecular weight excluding hydrogens is 568 g/mol. The number of halogens is 2. The molecule has 0 bridgehead atoms. The number of anilines is 1. The molecule has 1 atom stereocenters. The van der Waals surface area contributed by atoms with Crippen LogP contribution >= 0.6 is 11.3 Å². The molecule has 5 rings (SSSR count). The third-order valence-corrected chi connectivity index (χ3v) is 9.47. The van der Waals surface area contributed by atoms with Crippen LogP contribution in [0.3, 0.4) is 0 Å². The number of rotatable bonds is 9. The number of hydrogen-bond donors (Lipinski definition) is 1. The van der Waals surface area contributed by atoms with Gasteiger partial charge in [-0.3, -0.25) is 4.40 Å². The first-order valence-corrected chi connectivity index (χ1v) is 15.0. The lowest BCUT2D eigenvalue weighted by molar-refractivity contribution is 0.0800. The Morgan fingerprint density at radius 1 is 1.25 bits per heavy atom. The molecule has 1 aliphatic heterocycles. The summed E-state index contributed by atoms with van der Waals surface area (Å²) in [6.45, 7) is 5.70. The largest absolute Gasteiger partial charge is 0.448 e. The molecule has 3 aromatic heterocycles. The molecule has 1 N–H and O–H groups in total. The lowest BCUT2D eigenvalue weighted by Crippen LogP contribution is -2.54. The number of carbonyl (C=O) groups is 1. The molecule has 0 radical (unpaired) electrons. The fourth-order valence-electron chi connectivity index (χ4n) is 4.41. The molecule has 17 heteroatoms. The quantitative estimate of drug-likeness (QED) is 0.390. The summed E-state index contributed by atoms with van der Waals surface area (Å²) in [6.07, 6.45) is -0.385. The summed E-state index contributed by atoms with van der Waals surface area (Å²) >= 11 is 0.665. The lowest BCUT2D eigenvalue weighted by atomic mass is 10.2. The SMILES string of the molecule is CC1CN(c2cc(S(=O)(=O)NC3(C)CC3)cn3c(-c4nnc(C(F)F)s4)nnc23)CCN1C(=O)OCCN(C)C. The highest BCUT2D eigenvalue weighted by Gasteiger charge is 2.42. The molecule has 40 heavy (non-hydrogen) atoms. The number of carbonyl (C=O) groups excluding carboxylic acids is 1. The number of amides is 1. The van der Waals surface area contributed by atoms with Crippen molar-refractivity contribution in [3.63, 3.8) is 0 Å². The van der Waals surface area contributed by atoms with E-state index >= 15 is 0 Å². The Bertz CT molecular complexity index is 1510. The molecule has 0 aromatic carbocycles. The van der Waals surface area contributed by atoms with Crippen molar-refractivity contribution in [3.05, 3.63) is 17.3 Å². The average Bonchev–Trinajstić information content (AvgIpc) is 3.26. The van der Waals surface area contributed by atoms with Crippen molar-refractivity contribution in [3.8, 4) is 10.8 Å². The number of ether oxygens (including phenoxy) is 1. The van der Waals surface area contributed by atoms with Crippen LogP contribution in [0.1, 0.15) is 38.1 Å². The predicted octanol–water partition coefficient (Wildman–Crippen LogP) is 2.22. The van der Waals surface area contributed by atoms with E-state index in [-0.39, 0.29) is 28.4 Å². The number of nitrogens with zero attached hydrogens (tertiary/aromatic N) is 8. The van der Waals surface area contributed by atoms with Crippen molar-refractivity contribution in [1.29, 1.82) is 0 Å². The zero-order valence-corrected chi connectivity index (χ0v) is 24.2. The van der Waals surface area contributed by atoms with Crippen molar-refractivity contribution >= 4 is 38.8 Å². The van der Waals surface area contributed by atoms with Gasteiger partial charge in [0.1, 0.15) is 11.5 Å². The number of fused-ring (bicyclic) bond motifs is 1. The minimum atomic E-state index is -3.94. The van der Waals surface area contributed by atoms with Crippen LogP contribution in [0.4, 0.5) is 19.3 Å². The Labute approximate surface area is 234 Å². The summed E-state index contributed by atoms with van der Waals surface area (Å²) < 4.78 is 62.8. The van der Waals surface area contributed by atoms with Gasteiger partial charge in [0.05, 0.1) is 5.69 Å². The van der Waals surface area contributed by atoms with Crippen LogP contribution in [-0.2, 0) is 14.8 Å². The standard InChI is InChI=1S/C23H31F2N9O4S2/c1-14-12-32(7-8-33(14)22(35)38-10-9-31(3)4)16-11-15(40(36,37)30-23(2)5-6-23)13-34-18(16)26-27-19(34)21-29-28-20(39-21)17(24)25/h11,13-14,17,30H,5-10,12H2,1-4H3. The molecule has 13 nitrogen and oxygen atoms in total. The molecular formula is C23H31F2N9O4S2. The number of alkyl halides is 2. The van der Waals surface area contributed by atoms with Crippen LogP contribution in [0.15, 0.2) is 17.2 Å². The molecule has 1 saturated carbocycles. The predicted molar refractivity (Wildman–Crippen MR) is 143 cm³/mol. The van der Waals surface area contributed by atoms with Crippen LogP contribution in [0.25, 0.3) is 16.5 Å². The number of aromatic nitrogens is 5. The maximum absolute atomic E-state index is 13.4. The number of sulfonamides is 1. The molecule has 1 unspecified atom stereocenters. The van der Waals surface area contributed by atoms with Crippen molar-refractivity contribution in [2.75, 3.05) is 51.8 Å². The first kappa shape index (κ1) is 28.5. The van der Waals surface area contributed by atoms with Crippen LogP contribution in [0.2, 0.25) is 0 Å². The van der Waals surface area contributed by atoms with Gasteiger partial charge in [-0.25, -0.2) is 26.7 Å². The van der Waals surface area contributed by atoms with Crippen molar-refractivity contribution in [2.24, 2.45) is 0 Å². The van der Waals surface area contributed by atoms with E-state index in [2.05, 4.69) is 25.1 Å². The van der Waals surface area contributed by atoms with E-state index in [1.807, 2.05) is 37.7 Å². The molecule has 218 valence electrons. The number of likely N-dealkylation sites (N-methyl/N-ethyl adjacent to an activating group) is 1. The summed E-state index contributed by atoms with van der Waals surface area (Å²) in [4.78, 5) is 18.1. The van der Waals surface area contributed by atoms with Crippen LogP contribution in [0.5, 0.6) is 0 Å². The normalized spacial score (nSPS) is 19.1. The number of nitrogens with one attached hydrogen (secondary N) is 1. The van der Waals surface area contributed by atoms with Crippen molar-refractivity contribution in [2.45, 2.75) is 49.6 Å². The first-order chi connectivity index (χ1) is 18.9. The number of pyridine rings is 1. The Balaban J connectivity index is 1.49. The third kappa shape index (κ3) is 5.87. The average molecular weight is 600 g/mol. The highest BCUT2D eigenvalue weighted by molar-refractivity contribution is 7.89. The lowest BCUT2D eigenvalue weighted by Gasteiger charge is -2.40. The molecule has 4 heterocycles.